The minimum absolute atomic E-state index is 0.207. The molecule has 0 unspecified atom stereocenters. The third-order valence-corrected chi connectivity index (χ3v) is 2.72. The molecule has 0 atom stereocenters. The highest BCUT2D eigenvalue weighted by Crippen LogP contribution is 2.21. The maximum Gasteiger partial charge on any atom is 0.379 e. The van der Waals surface area contributed by atoms with Crippen molar-refractivity contribution < 1.29 is 23.9 Å². The van der Waals surface area contributed by atoms with Gasteiger partial charge in [0.1, 0.15) is 0 Å². The van der Waals surface area contributed by atoms with E-state index < -0.39 is 17.7 Å². The zero-order chi connectivity index (χ0) is 14.0. The third-order valence-electron chi connectivity index (χ3n) is 2.72. The maximum atomic E-state index is 11.7. The molecular weight excluding hydrogens is 250 g/mol. The molecule has 1 aromatic carbocycles. The predicted octanol–water partition coefficient (Wildman–Crippen LogP) is 1.31. The smallest absolute Gasteiger partial charge is 0.379 e. The summed E-state index contributed by atoms with van der Waals surface area (Å²) in [5.41, 5.74) is 1.13. The first kappa shape index (κ1) is 12.8. The average Bonchev–Trinajstić information content (AvgIpc) is 2.87. The van der Waals surface area contributed by atoms with E-state index in [1.807, 2.05) is 0 Å². The number of ether oxygens (including phenoxy) is 2. The van der Waals surface area contributed by atoms with Crippen LogP contribution in [0.5, 0.6) is 0 Å². The van der Waals surface area contributed by atoms with E-state index in [2.05, 4.69) is 14.5 Å². The lowest BCUT2D eigenvalue weighted by Crippen LogP contribution is -2.15. The molecule has 1 N–H and O–H groups in total. The summed E-state index contributed by atoms with van der Waals surface area (Å²) in [6, 6.07) is 4.65. The van der Waals surface area contributed by atoms with Crippen molar-refractivity contribution in [3.8, 4) is 0 Å². The maximum absolute atomic E-state index is 11.7. The summed E-state index contributed by atoms with van der Waals surface area (Å²) in [5.74, 6) is -2.14. The Morgan fingerprint density at radius 2 is 1.84 bits per heavy atom. The number of aromatic amines is 1. The number of carbonyl (C=O) groups is 3. The predicted molar refractivity (Wildman–Crippen MR) is 66.0 cm³/mol. The van der Waals surface area contributed by atoms with E-state index in [1.54, 1.807) is 12.1 Å². The van der Waals surface area contributed by atoms with E-state index in [4.69, 9.17) is 0 Å². The van der Waals surface area contributed by atoms with Gasteiger partial charge in [-0.3, -0.25) is 4.79 Å². The number of Topliss-reactive ketones (excluding diaryl/α,β-unsaturated/α-hetero) is 1. The zero-order valence-corrected chi connectivity index (χ0v) is 10.4. The van der Waals surface area contributed by atoms with Crippen LogP contribution in [0.15, 0.2) is 24.4 Å². The highest BCUT2D eigenvalue weighted by molar-refractivity contribution is 6.42. The first-order chi connectivity index (χ1) is 9.08. The summed E-state index contributed by atoms with van der Waals surface area (Å²) in [7, 11) is 2.43. The Balaban J connectivity index is 2.48. The Labute approximate surface area is 108 Å². The van der Waals surface area contributed by atoms with Gasteiger partial charge < -0.3 is 14.5 Å². The molecule has 1 heterocycles. The monoisotopic (exact) mass is 261 g/mol. The molecule has 6 nitrogen and oxygen atoms in total. The normalized spacial score (nSPS) is 10.2. The first-order valence-corrected chi connectivity index (χ1v) is 5.40. The van der Waals surface area contributed by atoms with Crippen LogP contribution in [0.2, 0.25) is 0 Å². The number of hydrogen-bond acceptors (Lipinski definition) is 5. The number of hydrogen-bond donors (Lipinski definition) is 1. The topological polar surface area (TPSA) is 85.5 Å². The van der Waals surface area contributed by atoms with Crippen molar-refractivity contribution in [2.24, 2.45) is 0 Å². The minimum Gasteiger partial charge on any atom is -0.465 e. The zero-order valence-electron chi connectivity index (χ0n) is 10.4. The van der Waals surface area contributed by atoms with Gasteiger partial charge in [0.05, 0.1) is 25.3 Å². The molecule has 2 rings (SSSR count). The number of rotatable bonds is 3. The van der Waals surface area contributed by atoms with Crippen molar-refractivity contribution >= 4 is 28.6 Å². The van der Waals surface area contributed by atoms with Crippen LogP contribution in [0.3, 0.4) is 0 Å². The van der Waals surface area contributed by atoms with Gasteiger partial charge in [0, 0.05) is 17.1 Å². The molecule has 0 aliphatic rings. The summed E-state index contributed by atoms with van der Waals surface area (Å²) in [4.78, 5) is 37.2. The molecule has 0 spiro atoms. The number of benzene rings is 1. The van der Waals surface area contributed by atoms with Gasteiger partial charge in [-0.15, -0.1) is 0 Å². The second-order valence-corrected chi connectivity index (χ2v) is 3.78. The van der Waals surface area contributed by atoms with Gasteiger partial charge in [0.25, 0.3) is 5.78 Å². The van der Waals surface area contributed by atoms with Crippen molar-refractivity contribution in [2.45, 2.75) is 0 Å². The lowest BCUT2D eigenvalue weighted by molar-refractivity contribution is -0.135. The Morgan fingerprint density at radius 3 is 2.47 bits per heavy atom. The number of methoxy groups -OCH3 is 2. The van der Waals surface area contributed by atoms with Gasteiger partial charge >= 0.3 is 11.9 Å². The number of aromatic nitrogens is 1. The average molecular weight is 261 g/mol. The highest BCUT2D eigenvalue weighted by Gasteiger charge is 2.20. The molecule has 19 heavy (non-hydrogen) atoms. The van der Waals surface area contributed by atoms with E-state index in [0.717, 1.165) is 7.11 Å². The van der Waals surface area contributed by atoms with E-state index in [-0.39, 0.29) is 5.56 Å². The number of fused-ring (bicyclic) bond motifs is 1. The molecule has 98 valence electrons. The number of H-pyrrole nitrogens is 1. The molecule has 1 aromatic heterocycles. The van der Waals surface area contributed by atoms with Crippen LogP contribution in [0.4, 0.5) is 0 Å². The Hall–Kier alpha value is -2.63. The first-order valence-electron chi connectivity index (χ1n) is 5.40. The van der Waals surface area contributed by atoms with Crippen LogP contribution >= 0.6 is 0 Å². The summed E-state index contributed by atoms with van der Waals surface area (Å²) in [5, 5.41) is 0.544. The van der Waals surface area contributed by atoms with Crippen LogP contribution in [0.25, 0.3) is 10.9 Å². The minimum atomic E-state index is -0.932. The summed E-state index contributed by atoms with van der Waals surface area (Å²) >= 11 is 0. The SMILES string of the molecule is COC(=O)C(=O)c1c[nH]c2cc(C(=O)OC)ccc12. The van der Waals surface area contributed by atoms with Gasteiger partial charge in [-0.1, -0.05) is 6.07 Å². The van der Waals surface area contributed by atoms with Crippen molar-refractivity contribution in [1.29, 1.82) is 0 Å². The number of esters is 2. The lowest BCUT2D eigenvalue weighted by atomic mass is 10.1. The number of ketones is 1. The van der Waals surface area contributed by atoms with Crippen LogP contribution in [-0.4, -0.2) is 36.9 Å². The van der Waals surface area contributed by atoms with Crippen molar-refractivity contribution in [1.82, 2.24) is 4.98 Å². The molecule has 0 radical (unpaired) electrons. The summed E-state index contributed by atoms with van der Waals surface area (Å²) in [6.07, 6.45) is 1.41. The van der Waals surface area contributed by atoms with Crippen LogP contribution in [0.1, 0.15) is 20.7 Å². The van der Waals surface area contributed by atoms with Gasteiger partial charge in [0.2, 0.25) is 0 Å². The van der Waals surface area contributed by atoms with Crippen LogP contribution in [0, 0.1) is 0 Å². The Morgan fingerprint density at radius 1 is 1.11 bits per heavy atom. The molecule has 0 fully saturated rings. The van der Waals surface area contributed by atoms with Gasteiger partial charge in [-0.05, 0) is 12.1 Å². The second-order valence-electron chi connectivity index (χ2n) is 3.78. The number of nitrogens with one attached hydrogen (secondary N) is 1. The molecule has 0 aliphatic heterocycles. The van der Waals surface area contributed by atoms with Crippen molar-refractivity contribution in [3.63, 3.8) is 0 Å². The van der Waals surface area contributed by atoms with Crippen LogP contribution in [-0.2, 0) is 14.3 Å². The van der Waals surface area contributed by atoms with E-state index in [9.17, 15) is 14.4 Å². The second kappa shape index (κ2) is 4.93. The van der Waals surface area contributed by atoms with Gasteiger partial charge in [-0.2, -0.15) is 0 Å². The lowest BCUT2D eigenvalue weighted by Gasteiger charge is -2.00. The standard InChI is InChI=1S/C13H11NO5/c1-18-12(16)7-3-4-8-9(6-14-10(8)5-7)11(15)13(17)19-2/h3-6,14H,1-2H3. The Bertz CT molecular complexity index is 671. The third kappa shape index (κ3) is 2.20. The molecule has 6 heteroatoms. The van der Waals surface area contributed by atoms with E-state index in [0.29, 0.717) is 16.5 Å². The van der Waals surface area contributed by atoms with E-state index in [1.165, 1.54) is 19.4 Å². The fraction of sp³-hybridized carbons (Fsp3) is 0.154. The molecule has 0 amide bonds. The molecular formula is C13H11NO5. The molecule has 0 bridgehead atoms. The molecule has 0 saturated heterocycles. The van der Waals surface area contributed by atoms with Gasteiger partial charge in [0.15, 0.2) is 0 Å². The fourth-order valence-electron chi connectivity index (χ4n) is 1.76. The molecule has 0 aliphatic carbocycles. The molecule has 0 saturated carbocycles. The van der Waals surface area contributed by atoms with Crippen molar-refractivity contribution in [3.05, 3.63) is 35.5 Å². The van der Waals surface area contributed by atoms with Gasteiger partial charge in [-0.25, -0.2) is 9.59 Å². The highest BCUT2D eigenvalue weighted by atomic mass is 16.5. The largest absolute Gasteiger partial charge is 0.465 e. The van der Waals surface area contributed by atoms with Crippen molar-refractivity contribution in [2.75, 3.05) is 14.2 Å². The summed E-state index contributed by atoms with van der Waals surface area (Å²) < 4.78 is 8.99. The van der Waals surface area contributed by atoms with E-state index >= 15 is 0 Å². The quantitative estimate of drug-likeness (QED) is 0.511. The fourth-order valence-corrected chi connectivity index (χ4v) is 1.76. The van der Waals surface area contributed by atoms with Crippen LogP contribution < -0.4 is 0 Å². The summed E-state index contributed by atoms with van der Waals surface area (Å²) in [6.45, 7) is 0. The molecule has 2 aromatic rings. The number of carbonyl (C=O) groups excluding carboxylic acids is 3. The Kier molecular flexibility index (Phi) is 3.33.